The van der Waals surface area contributed by atoms with Gasteiger partial charge < -0.3 is 5.32 Å². The smallest absolute Gasteiger partial charge is 0.385 e. The molecule has 0 unspecified atom stereocenters. The number of alkyl halides is 3. The number of hydrogen-bond acceptors (Lipinski definition) is 2. The van der Waals surface area contributed by atoms with Crippen LogP contribution in [0.1, 0.15) is 18.2 Å². The van der Waals surface area contributed by atoms with E-state index in [4.69, 9.17) is 11.6 Å². The fourth-order valence-electron chi connectivity index (χ4n) is 2.07. The third kappa shape index (κ3) is 2.72. The number of nitrogens with one attached hydrogen (secondary N) is 1. The van der Waals surface area contributed by atoms with Crippen LogP contribution in [0, 0.1) is 6.92 Å². The minimum absolute atomic E-state index is 0.0704. The van der Waals surface area contributed by atoms with Gasteiger partial charge in [0.05, 0.1) is 10.5 Å². The third-order valence-corrected chi connectivity index (χ3v) is 3.62. The summed E-state index contributed by atoms with van der Waals surface area (Å²) in [6, 6.07) is 3.24. The number of benzene rings is 1. The van der Waals surface area contributed by atoms with Crippen molar-refractivity contribution in [2.75, 3.05) is 11.9 Å². The third-order valence-electron chi connectivity index (χ3n) is 2.87. The zero-order chi connectivity index (χ0) is 15.1. The molecule has 0 aliphatic carbocycles. The van der Waals surface area contributed by atoms with Gasteiger partial charge in [-0.15, -0.1) is 0 Å². The maximum atomic E-state index is 13.1. The Morgan fingerprint density at radius 2 is 2.00 bits per heavy atom. The van der Waals surface area contributed by atoms with E-state index in [-0.39, 0.29) is 16.1 Å². The molecule has 108 valence electrons. The first-order chi connectivity index (χ1) is 9.25. The Bertz CT molecular complexity index is 671. The SMILES string of the molecule is CCNc1c(C)c(C(F)(F)F)nc2c(Cl)cc(Br)cc12. The highest BCUT2D eigenvalue weighted by molar-refractivity contribution is 9.10. The molecule has 2 aromatic rings. The van der Waals surface area contributed by atoms with Crippen LogP contribution in [-0.4, -0.2) is 11.5 Å². The molecule has 0 amide bonds. The minimum Gasteiger partial charge on any atom is -0.385 e. The van der Waals surface area contributed by atoms with Crippen LogP contribution in [-0.2, 0) is 6.18 Å². The number of aromatic nitrogens is 1. The van der Waals surface area contributed by atoms with Crippen molar-refractivity contribution in [3.63, 3.8) is 0 Å². The first-order valence-corrected chi connectivity index (χ1v) is 7.03. The Morgan fingerprint density at radius 3 is 2.55 bits per heavy atom. The van der Waals surface area contributed by atoms with Crippen molar-refractivity contribution in [1.82, 2.24) is 4.98 Å². The van der Waals surface area contributed by atoms with Gasteiger partial charge in [-0.05, 0) is 26.0 Å². The summed E-state index contributed by atoms with van der Waals surface area (Å²) in [6.45, 7) is 3.72. The topological polar surface area (TPSA) is 24.9 Å². The highest BCUT2D eigenvalue weighted by atomic mass is 79.9. The van der Waals surface area contributed by atoms with Gasteiger partial charge in [0.2, 0.25) is 0 Å². The van der Waals surface area contributed by atoms with E-state index in [1.807, 2.05) is 6.92 Å². The molecule has 1 aromatic carbocycles. The Labute approximate surface area is 127 Å². The van der Waals surface area contributed by atoms with Gasteiger partial charge in [0.25, 0.3) is 0 Å². The van der Waals surface area contributed by atoms with Crippen LogP contribution in [0.25, 0.3) is 10.9 Å². The van der Waals surface area contributed by atoms with Gasteiger partial charge >= 0.3 is 6.18 Å². The van der Waals surface area contributed by atoms with E-state index < -0.39 is 11.9 Å². The van der Waals surface area contributed by atoms with Gasteiger partial charge in [-0.25, -0.2) is 4.98 Å². The molecule has 1 aromatic heterocycles. The monoisotopic (exact) mass is 366 g/mol. The molecule has 20 heavy (non-hydrogen) atoms. The maximum Gasteiger partial charge on any atom is 0.433 e. The molecule has 7 heteroatoms. The van der Waals surface area contributed by atoms with Crippen LogP contribution in [0.2, 0.25) is 5.02 Å². The molecule has 0 atom stereocenters. The Balaban J connectivity index is 2.91. The molecular weight excluding hydrogens is 357 g/mol. The summed E-state index contributed by atoms with van der Waals surface area (Å²) in [7, 11) is 0. The van der Waals surface area contributed by atoms with Crippen molar-refractivity contribution in [3.8, 4) is 0 Å². The fraction of sp³-hybridized carbons (Fsp3) is 0.308. The second kappa shape index (κ2) is 5.41. The molecule has 0 saturated heterocycles. The average molecular weight is 368 g/mol. The molecule has 0 spiro atoms. The highest BCUT2D eigenvalue weighted by Crippen LogP contribution is 2.39. The van der Waals surface area contributed by atoms with Gasteiger partial charge in [0, 0.05) is 27.7 Å². The number of nitrogens with zero attached hydrogens (tertiary/aromatic N) is 1. The first-order valence-electron chi connectivity index (χ1n) is 5.86. The number of anilines is 1. The van der Waals surface area contributed by atoms with Gasteiger partial charge in [-0.2, -0.15) is 13.2 Å². The molecule has 0 saturated carbocycles. The van der Waals surface area contributed by atoms with Gasteiger partial charge in [-0.1, -0.05) is 27.5 Å². The second-order valence-corrected chi connectivity index (χ2v) is 5.60. The lowest BCUT2D eigenvalue weighted by Crippen LogP contribution is -2.13. The summed E-state index contributed by atoms with van der Waals surface area (Å²) in [5.41, 5.74) is -0.289. The summed E-state index contributed by atoms with van der Waals surface area (Å²) in [6.07, 6.45) is -4.52. The lowest BCUT2D eigenvalue weighted by atomic mass is 10.1. The van der Waals surface area contributed by atoms with Gasteiger partial charge in [-0.3, -0.25) is 0 Å². The molecule has 0 fully saturated rings. The quantitative estimate of drug-likeness (QED) is 0.767. The van der Waals surface area contributed by atoms with Gasteiger partial charge in [0.15, 0.2) is 0 Å². The summed E-state index contributed by atoms with van der Waals surface area (Å²) >= 11 is 9.31. The predicted molar refractivity (Wildman–Crippen MR) is 78.4 cm³/mol. The van der Waals surface area contributed by atoms with Crippen molar-refractivity contribution >= 4 is 44.1 Å². The van der Waals surface area contributed by atoms with Crippen LogP contribution >= 0.6 is 27.5 Å². The molecule has 0 radical (unpaired) electrons. The zero-order valence-corrected chi connectivity index (χ0v) is 13.0. The molecule has 1 N–H and O–H groups in total. The summed E-state index contributed by atoms with van der Waals surface area (Å²) in [5, 5.41) is 3.71. The average Bonchev–Trinajstić information content (AvgIpc) is 2.31. The van der Waals surface area contributed by atoms with Crippen LogP contribution < -0.4 is 5.32 Å². The Morgan fingerprint density at radius 1 is 1.35 bits per heavy atom. The maximum absolute atomic E-state index is 13.1. The van der Waals surface area contributed by atoms with Crippen molar-refractivity contribution < 1.29 is 13.2 Å². The van der Waals surface area contributed by atoms with Crippen molar-refractivity contribution in [2.24, 2.45) is 0 Å². The van der Waals surface area contributed by atoms with Crippen molar-refractivity contribution in [2.45, 2.75) is 20.0 Å². The molecule has 0 bridgehead atoms. The number of pyridine rings is 1. The lowest BCUT2D eigenvalue weighted by Gasteiger charge is -2.17. The molecule has 2 nitrogen and oxygen atoms in total. The molecule has 0 aliphatic rings. The lowest BCUT2D eigenvalue weighted by molar-refractivity contribution is -0.141. The summed E-state index contributed by atoms with van der Waals surface area (Å²) in [5.74, 6) is 0. The van der Waals surface area contributed by atoms with Crippen LogP contribution in [0.15, 0.2) is 16.6 Å². The highest BCUT2D eigenvalue weighted by Gasteiger charge is 2.36. The Hall–Kier alpha value is -1.01. The molecule has 2 rings (SSSR count). The number of rotatable bonds is 2. The molecular formula is C13H11BrClF3N2. The van der Waals surface area contributed by atoms with E-state index in [0.29, 0.717) is 22.1 Å². The van der Waals surface area contributed by atoms with Crippen molar-refractivity contribution in [3.05, 3.63) is 32.9 Å². The first kappa shape index (κ1) is 15.4. The summed E-state index contributed by atoms with van der Waals surface area (Å²) < 4.78 is 39.9. The number of fused-ring (bicyclic) bond motifs is 1. The van der Waals surface area contributed by atoms with E-state index in [0.717, 1.165) is 0 Å². The van der Waals surface area contributed by atoms with E-state index in [1.165, 1.54) is 13.0 Å². The largest absolute Gasteiger partial charge is 0.433 e. The van der Waals surface area contributed by atoms with Crippen LogP contribution in [0.3, 0.4) is 0 Å². The van der Waals surface area contributed by atoms with E-state index in [1.54, 1.807) is 6.07 Å². The predicted octanol–water partition coefficient (Wildman–Crippen LogP) is 5.41. The number of hydrogen-bond donors (Lipinski definition) is 1. The number of halogens is 5. The standard InChI is InChI=1S/C13H11BrClF3N2/c1-3-19-10-6(2)12(13(16,17)18)20-11-8(10)4-7(14)5-9(11)15/h4-5H,3H2,1-2H3,(H,19,20). The second-order valence-electron chi connectivity index (χ2n) is 4.27. The Kier molecular flexibility index (Phi) is 4.16. The van der Waals surface area contributed by atoms with Gasteiger partial charge in [0.1, 0.15) is 5.69 Å². The van der Waals surface area contributed by atoms with E-state index in [2.05, 4.69) is 26.2 Å². The van der Waals surface area contributed by atoms with Crippen LogP contribution in [0.4, 0.5) is 18.9 Å². The zero-order valence-electron chi connectivity index (χ0n) is 10.7. The van der Waals surface area contributed by atoms with E-state index in [9.17, 15) is 13.2 Å². The fourth-order valence-corrected chi connectivity index (χ4v) is 2.92. The van der Waals surface area contributed by atoms with E-state index >= 15 is 0 Å². The normalized spacial score (nSPS) is 11.9. The summed E-state index contributed by atoms with van der Waals surface area (Å²) in [4.78, 5) is 3.71. The minimum atomic E-state index is -4.52. The van der Waals surface area contributed by atoms with Crippen molar-refractivity contribution in [1.29, 1.82) is 0 Å². The molecule has 0 aliphatic heterocycles. The van der Waals surface area contributed by atoms with Crippen LogP contribution in [0.5, 0.6) is 0 Å². The molecule has 1 heterocycles.